The van der Waals surface area contributed by atoms with E-state index in [0.29, 0.717) is 0 Å². The Morgan fingerprint density at radius 3 is 3.00 bits per heavy atom. The van der Waals surface area contributed by atoms with E-state index >= 15 is 0 Å². The molecule has 4 nitrogen and oxygen atoms in total. The second-order valence-corrected chi connectivity index (χ2v) is 5.07. The molecule has 18 heavy (non-hydrogen) atoms. The first-order valence-corrected chi connectivity index (χ1v) is 6.53. The van der Waals surface area contributed by atoms with Crippen LogP contribution in [0.25, 0.3) is 0 Å². The van der Waals surface area contributed by atoms with Gasteiger partial charge in [0.25, 0.3) is 0 Å². The minimum Gasteiger partial charge on any atom is -0.490 e. The van der Waals surface area contributed by atoms with Gasteiger partial charge in [-0.05, 0) is 31.0 Å². The van der Waals surface area contributed by atoms with E-state index in [1.165, 1.54) is 6.42 Å². The first-order valence-electron chi connectivity index (χ1n) is 6.53. The van der Waals surface area contributed by atoms with Gasteiger partial charge in [0.2, 0.25) is 5.91 Å². The Labute approximate surface area is 107 Å². The fourth-order valence-electron chi connectivity index (χ4n) is 2.34. The number of benzene rings is 1. The van der Waals surface area contributed by atoms with Crippen molar-refractivity contribution in [3.05, 3.63) is 18.2 Å². The van der Waals surface area contributed by atoms with Gasteiger partial charge in [-0.15, -0.1) is 0 Å². The van der Waals surface area contributed by atoms with Crippen LogP contribution in [0.15, 0.2) is 18.2 Å². The Morgan fingerprint density at radius 1 is 1.44 bits per heavy atom. The van der Waals surface area contributed by atoms with Crippen LogP contribution in [-0.2, 0) is 4.79 Å². The third kappa shape index (κ3) is 2.03. The van der Waals surface area contributed by atoms with E-state index in [-0.39, 0.29) is 11.8 Å². The molecule has 1 aromatic carbocycles. The quantitative estimate of drug-likeness (QED) is 0.870. The molecule has 1 aliphatic heterocycles. The molecule has 3 rings (SSSR count). The highest BCUT2D eigenvalue weighted by Gasteiger charge is 2.25. The monoisotopic (exact) mass is 246 g/mol. The number of anilines is 2. The van der Waals surface area contributed by atoms with E-state index in [2.05, 4.69) is 10.2 Å². The van der Waals surface area contributed by atoms with Gasteiger partial charge >= 0.3 is 0 Å². The van der Waals surface area contributed by atoms with Crippen LogP contribution < -0.4 is 15.0 Å². The van der Waals surface area contributed by atoms with E-state index in [0.717, 1.165) is 43.1 Å². The summed E-state index contributed by atoms with van der Waals surface area (Å²) in [5.41, 5.74) is 1.91. The molecule has 0 atom stereocenters. The van der Waals surface area contributed by atoms with E-state index in [1.54, 1.807) is 0 Å². The summed E-state index contributed by atoms with van der Waals surface area (Å²) in [6.07, 6.45) is 3.23. The lowest BCUT2D eigenvalue weighted by Crippen LogP contribution is -2.30. The molecule has 96 valence electrons. The summed E-state index contributed by atoms with van der Waals surface area (Å²) in [6, 6.07) is 5.83. The molecule has 0 radical (unpaired) electrons. The SMILES string of the molecule is CN1CCOc2ccc(NC(=O)C3CCC3)cc21. The van der Waals surface area contributed by atoms with Crippen molar-refractivity contribution < 1.29 is 9.53 Å². The number of rotatable bonds is 2. The van der Waals surface area contributed by atoms with Gasteiger partial charge in [0.05, 0.1) is 12.2 Å². The Morgan fingerprint density at radius 2 is 2.28 bits per heavy atom. The zero-order valence-electron chi connectivity index (χ0n) is 10.6. The fourth-order valence-corrected chi connectivity index (χ4v) is 2.34. The van der Waals surface area contributed by atoms with Gasteiger partial charge < -0.3 is 15.0 Å². The lowest BCUT2D eigenvalue weighted by atomic mass is 9.85. The van der Waals surface area contributed by atoms with E-state index in [9.17, 15) is 4.79 Å². The molecule has 0 unspecified atom stereocenters. The van der Waals surface area contributed by atoms with Crippen molar-refractivity contribution in [1.29, 1.82) is 0 Å². The highest BCUT2D eigenvalue weighted by molar-refractivity contribution is 5.93. The number of carbonyl (C=O) groups excluding carboxylic acids is 1. The summed E-state index contributed by atoms with van der Waals surface area (Å²) in [4.78, 5) is 14.0. The number of hydrogen-bond acceptors (Lipinski definition) is 3. The highest BCUT2D eigenvalue weighted by atomic mass is 16.5. The number of carbonyl (C=O) groups is 1. The van der Waals surface area contributed by atoms with E-state index < -0.39 is 0 Å². The standard InChI is InChI=1S/C14H18N2O2/c1-16-7-8-18-13-6-5-11(9-12(13)16)15-14(17)10-3-2-4-10/h5-6,9-10H,2-4,7-8H2,1H3,(H,15,17). The lowest BCUT2D eigenvalue weighted by Gasteiger charge is -2.28. The second kappa shape index (κ2) is 4.52. The summed E-state index contributed by atoms with van der Waals surface area (Å²) in [7, 11) is 2.04. The maximum atomic E-state index is 11.9. The van der Waals surface area contributed by atoms with Crippen LogP contribution in [0, 0.1) is 5.92 Å². The van der Waals surface area contributed by atoms with Crippen molar-refractivity contribution in [3.63, 3.8) is 0 Å². The maximum Gasteiger partial charge on any atom is 0.227 e. The molecule has 0 aromatic heterocycles. The Kier molecular flexibility index (Phi) is 2.86. The van der Waals surface area contributed by atoms with Crippen molar-refractivity contribution >= 4 is 17.3 Å². The van der Waals surface area contributed by atoms with Crippen LogP contribution in [0.1, 0.15) is 19.3 Å². The molecule has 1 aromatic rings. The summed E-state index contributed by atoms with van der Waals surface area (Å²) in [6.45, 7) is 1.60. The van der Waals surface area contributed by atoms with Crippen molar-refractivity contribution in [2.45, 2.75) is 19.3 Å². The molecule has 0 spiro atoms. The number of nitrogens with one attached hydrogen (secondary N) is 1. The molecule has 0 bridgehead atoms. The molecule has 1 saturated carbocycles. The van der Waals surface area contributed by atoms with Crippen molar-refractivity contribution in [2.75, 3.05) is 30.4 Å². The predicted octanol–water partition coefficient (Wildman–Crippen LogP) is 2.25. The van der Waals surface area contributed by atoms with Crippen molar-refractivity contribution in [3.8, 4) is 5.75 Å². The topological polar surface area (TPSA) is 41.6 Å². The van der Waals surface area contributed by atoms with E-state index in [1.807, 2.05) is 25.2 Å². The first kappa shape index (κ1) is 11.4. The van der Waals surface area contributed by atoms with Crippen LogP contribution in [0.4, 0.5) is 11.4 Å². The normalized spacial score (nSPS) is 18.6. The van der Waals surface area contributed by atoms with Crippen LogP contribution in [-0.4, -0.2) is 26.1 Å². The van der Waals surface area contributed by atoms with Crippen LogP contribution in [0.5, 0.6) is 5.75 Å². The molecule has 1 fully saturated rings. The summed E-state index contributed by atoms with van der Waals surface area (Å²) >= 11 is 0. The van der Waals surface area contributed by atoms with Gasteiger partial charge in [-0.25, -0.2) is 0 Å². The number of amides is 1. The average Bonchev–Trinajstić information content (AvgIpc) is 2.28. The number of ether oxygens (including phenoxy) is 1. The first-order chi connectivity index (χ1) is 8.74. The predicted molar refractivity (Wildman–Crippen MR) is 71.2 cm³/mol. The van der Waals surface area contributed by atoms with Crippen molar-refractivity contribution in [2.24, 2.45) is 5.92 Å². The molecular formula is C14H18N2O2. The second-order valence-electron chi connectivity index (χ2n) is 5.07. The average molecular weight is 246 g/mol. The Balaban J connectivity index is 1.76. The summed E-state index contributed by atoms with van der Waals surface area (Å²) in [5, 5.41) is 2.99. The molecule has 1 N–H and O–H groups in total. The number of nitrogens with zero attached hydrogens (tertiary/aromatic N) is 1. The van der Waals surface area contributed by atoms with Gasteiger partial charge in [-0.3, -0.25) is 4.79 Å². The summed E-state index contributed by atoms with van der Waals surface area (Å²) < 4.78 is 5.58. The third-order valence-electron chi connectivity index (χ3n) is 3.80. The van der Waals surface area contributed by atoms with Gasteiger partial charge in [0.1, 0.15) is 12.4 Å². The number of likely N-dealkylation sites (N-methyl/N-ethyl adjacent to an activating group) is 1. The van der Waals surface area contributed by atoms with Crippen molar-refractivity contribution in [1.82, 2.24) is 0 Å². The van der Waals surface area contributed by atoms with Gasteiger partial charge in [-0.1, -0.05) is 6.42 Å². The molecule has 2 aliphatic rings. The van der Waals surface area contributed by atoms with Crippen LogP contribution in [0.3, 0.4) is 0 Å². The zero-order valence-corrected chi connectivity index (χ0v) is 10.6. The van der Waals surface area contributed by atoms with Gasteiger partial charge in [0, 0.05) is 18.7 Å². The number of hydrogen-bond donors (Lipinski definition) is 1. The molecule has 1 aliphatic carbocycles. The summed E-state index contributed by atoms with van der Waals surface area (Å²) in [5.74, 6) is 1.26. The smallest absolute Gasteiger partial charge is 0.227 e. The minimum atomic E-state index is 0.153. The lowest BCUT2D eigenvalue weighted by molar-refractivity contribution is -0.122. The minimum absolute atomic E-state index is 0.153. The largest absolute Gasteiger partial charge is 0.490 e. The van der Waals surface area contributed by atoms with Crippen LogP contribution in [0.2, 0.25) is 0 Å². The molecule has 4 heteroatoms. The number of fused-ring (bicyclic) bond motifs is 1. The van der Waals surface area contributed by atoms with Gasteiger partial charge in [0.15, 0.2) is 0 Å². The van der Waals surface area contributed by atoms with E-state index in [4.69, 9.17) is 4.74 Å². The molecular weight excluding hydrogens is 228 g/mol. The molecule has 0 saturated heterocycles. The Bertz CT molecular complexity index is 469. The van der Waals surface area contributed by atoms with Gasteiger partial charge in [-0.2, -0.15) is 0 Å². The molecule has 1 amide bonds. The highest BCUT2D eigenvalue weighted by Crippen LogP contribution is 2.34. The fraction of sp³-hybridized carbons (Fsp3) is 0.500. The maximum absolute atomic E-state index is 11.9. The Hall–Kier alpha value is -1.71. The zero-order chi connectivity index (χ0) is 12.5. The van der Waals surface area contributed by atoms with Crippen LogP contribution >= 0.6 is 0 Å². The molecule has 1 heterocycles. The third-order valence-corrected chi connectivity index (χ3v) is 3.80.